The molecule has 0 radical (unpaired) electrons. The normalized spacial score (nSPS) is 17.3. The fourth-order valence-corrected chi connectivity index (χ4v) is 2.46. The van der Waals surface area contributed by atoms with Crippen LogP contribution in [0.4, 0.5) is 0 Å². The Morgan fingerprint density at radius 3 is 2.58 bits per heavy atom. The van der Waals surface area contributed by atoms with E-state index in [1.165, 1.54) is 16.3 Å². The first-order valence-corrected chi connectivity index (χ1v) is 6.68. The van der Waals surface area contributed by atoms with Gasteiger partial charge in [-0.2, -0.15) is 0 Å². The predicted molar refractivity (Wildman–Crippen MR) is 76.0 cm³/mol. The van der Waals surface area contributed by atoms with Gasteiger partial charge < -0.3 is 15.2 Å². The van der Waals surface area contributed by atoms with Crippen molar-refractivity contribution in [1.82, 2.24) is 5.32 Å². The quantitative estimate of drug-likeness (QED) is 0.860. The predicted octanol–water partition coefficient (Wildman–Crippen LogP) is 1.94. The Hall–Kier alpha value is -1.42. The minimum Gasteiger partial charge on any atom is -0.396 e. The SMILES string of the molecule is OCC1(CNCc2ccc3ccccc3c2)COC1. The highest BCUT2D eigenvalue weighted by Gasteiger charge is 2.37. The molecule has 2 aromatic carbocycles. The number of fused-ring (bicyclic) bond motifs is 1. The molecule has 0 atom stereocenters. The molecule has 1 saturated heterocycles. The van der Waals surface area contributed by atoms with Gasteiger partial charge in [0.25, 0.3) is 0 Å². The van der Waals surface area contributed by atoms with Gasteiger partial charge in [0, 0.05) is 13.1 Å². The Balaban J connectivity index is 1.62. The number of aliphatic hydroxyl groups is 1. The zero-order chi connectivity index (χ0) is 13.1. The smallest absolute Gasteiger partial charge is 0.0579 e. The molecule has 0 bridgehead atoms. The highest BCUT2D eigenvalue weighted by atomic mass is 16.5. The minimum atomic E-state index is -0.0587. The van der Waals surface area contributed by atoms with Crippen LogP contribution in [0.3, 0.4) is 0 Å². The van der Waals surface area contributed by atoms with Crippen LogP contribution in [0, 0.1) is 5.41 Å². The molecule has 0 saturated carbocycles. The van der Waals surface area contributed by atoms with E-state index in [-0.39, 0.29) is 12.0 Å². The molecule has 2 N–H and O–H groups in total. The summed E-state index contributed by atoms with van der Waals surface area (Å²) in [5.41, 5.74) is 1.21. The Morgan fingerprint density at radius 1 is 1.11 bits per heavy atom. The van der Waals surface area contributed by atoms with Crippen molar-refractivity contribution in [2.75, 3.05) is 26.4 Å². The van der Waals surface area contributed by atoms with E-state index >= 15 is 0 Å². The number of ether oxygens (including phenoxy) is 1. The van der Waals surface area contributed by atoms with Gasteiger partial charge in [0.15, 0.2) is 0 Å². The molecule has 3 rings (SSSR count). The number of nitrogens with one attached hydrogen (secondary N) is 1. The number of rotatable bonds is 5. The maximum atomic E-state index is 9.36. The van der Waals surface area contributed by atoms with Crippen LogP contribution in [0.5, 0.6) is 0 Å². The van der Waals surface area contributed by atoms with Crippen LogP contribution in [0.2, 0.25) is 0 Å². The number of aliphatic hydroxyl groups excluding tert-OH is 1. The maximum absolute atomic E-state index is 9.36. The summed E-state index contributed by atoms with van der Waals surface area (Å²) in [5.74, 6) is 0. The molecule has 0 spiro atoms. The molecule has 3 nitrogen and oxygen atoms in total. The van der Waals surface area contributed by atoms with Crippen molar-refractivity contribution < 1.29 is 9.84 Å². The third-order valence-corrected chi connectivity index (χ3v) is 3.79. The van der Waals surface area contributed by atoms with E-state index in [9.17, 15) is 5.11 Å². The second-order valence-electron chi connectivity index (χ2n) is 5.44. The van der Waals surface area contributed by atoms with Crippen LogP contribution >= 0.6 is 0 Å². The summed E-state index contributed by atoms with van der Waals surface area (Å²) in [4.78, 5) is 0. The summed E-state index contributed by atoms with van der Waals surface area (Å²) < 4.78 is 5.19. The number of hydrogen-bond acceptors (Lipinski definition) is 3. The molecule has 0 unspecified atom stereocenters. The van der Waals surface area contributed by atoms with Crippen LogP contribution in [0.1, 0.15) is 5.56 Å². The van der Waals surface area contributed by atoms with E-state index < -0.39 is 0 Å². The maximum Gasteiger partial charge on any atom is 0.0579 e. The molecular formula is C16H19NO2. The Morgan fingerprint density at radius 2 is 1.89 bits per heavy atom. The van der Waals surface area contributed by atoms with Gasteiger partial charge in [-0.1, -0.05) is 36.4 Å². The van der Waals surface area contributed by atoms with E-state index in [0.29, 0.717) is 13.2 Å². The fourth-order valence-electron chi connectivity index (χ4n) is 2.46. The van der Waals surface area contributed by atoms with Crippen molar-refractivity contribution >= 4 is 10.8 Å². The second kappa shape index (κ2) is 5.29. The molecule has 1 aliphatic rings. The fraction of sp³-hybridized carbons (Fsp3) is 0.375. The molecule has 3 heteroatoms. The van der Waals surface area contributed by atoms with Crippen molar-refractivity contribution in [2.24, 2.45) is 5.41 Å². The molecule has 1 heterocycles. The van der Waals surface area contributed by atoms with Gasteiger partial charge in [-0.25, -0.2) is 0 Å². The third kappa shape index (κ3) is 2.63. The summed E-state index contributed by atoms with van der Waals surface area (Å²) in [7, 11) is 0. The number of hydrogen-bond donors (Lipinski definition) is 2. The first-order chi connectivity index (χ1) is 9.31. The van der Waals surface area contributed by atoms with Gasteiger partial charge >= 0.3 is 0 Å². The van der Waals surface area contributed by atoms with Gasteiger partial charge in [0.1, 0.15) is 0 Å². The van der Waals surface area contributed by atoms with E-state index in [1.54, 1.807) is 0 Å². The van der Waals surface area contributed by atoms with Crippen molar-refractivity contribution in [3.63, 3.8) is 0 Å². The van der Waals surface area contributed by atoms with Gasteiger partial charge in [-0.3, -0.25) is 0 Å². The Kier molecular flexibility index (Phi) is 3.51. The minimum absolute atomic E-state index is 0.0587. The van der Waals surface area contributed by atoms with E-state index in [2.05, 4.69) is 47.8 Å². The van der Waals surface area contributed by atoms with Crippen molar-refractivity contribution in [3.05, 3.63) is 48.0 Å². The van der Waals surface area contributed by atoms with Crippen molar-refractivity contribution in [2.45, 2.75) is 6.54 Å². The van der Waals surface area contributed by atoms with Crippen LogP contribution < -0.4 is 5.32 Å². The average molecular weight is 257 g/mol. The monoisotopic (exact) mass is 257 g/mol. The highest BCUT2D eigenvalue weighted by Crippen LogP contribution is 2.25. The molecule has 2 aromatic rings. The summed E-state index contributed by atoms with van der Waals surface area (Å²) >= 11 is 0. The zero-order valence-corrected chi connectivity index (χ0v) is 10.9. The van der Waals surface area contributed by atoms with E-state index in [1.807, 2.05) is 0 Å². The van der Waals surface area contributed by atoms with Crippen LogP contribution in [0.15, 0.2) is 42.5 Å². The van der Waals surface area contributed by atoms with E-state index in [0.717, 1.165) is 13.1 Å². The summed E-state index contributed by atoms with van der Waals surface area (Å²) in [6.07, 6.45) is 0. The molecule has 0 aromatic heterocycles. The van der Waals surface area contributed by atoms with Crippen molar-refractivity contribution in [3.8, 4) is 0 Å². The Labute approximate surface area is 113 Å². The molecule has 100 valence electrons. The van der Waals surface area contributed by atoms with Crippen molar-refractivity contribution in [1.29, 1.82) is 0 Å². The lowest BCUT2D eigenvalue weighted by atomic mass is 9.87. The van der Waals surface area contributed by atoms with Gasteiger partial charge in [-0.05, 0) is 22.4 Å². The molecule has 19 heavy (non-hydrogen) atoms. The molecule has 1 aliphatic heterocycles. The van der Waals surface area contributed by atoms with Crippen LogP contribution in [0.25, 0.3) is 10.8 Å². The first-order valence-electron chi connectivity index (χ1n) is 6.68. The lowest BCUT2D eigenvalue weighted by Gasteiger charge is -2.40. The van der Waals surface area contributed by atoms with E-state index in [4.69, 9.17) is 4.74 Å². The van der Waals surface area contributed by atoms with Gasteiger partial charge in [-0.15, -0.1) is 0 Å². The zero-order valence-electron chi connectivity index (χ0n) is 10.9. The lowest BCUT2D eigenvalue weighted by Crippen LogP contribution is -2.52. The average Bonchev–Trinajstić information content (AvgIpc) is 2.42. The van der Waals surface area contributed by atoms with Crippen LogP contribution in [-0.2, 0) is 11.3 Å². The largest absolute Gasteiger partial charge is 0.396 e. The Bertz CT molecular complexity index is 558. The number of benzene rings is 2. The molecule has 1 fully saturated rings. The van der Waals surface area contributed by atoms with Crippen LogP contribution in [-0.4, -0.2) is 31.5 Å². The summed E-state index contributed by atoms with van der Waals surface area (Å²) in [6.45, 7) is 3.14. The molecule has 0 aliphatic carbocycles. The molecular weight excluding hydrogens is 238 g/mol. The third-order valence-electron chi connectivity index (χ3n) is 3.79. The highest BCUT2D eigenvalue weighted by molar-refractivity contribution is 5.82. The summed E-state index contributed by atoms with van der Waals surface area (Å²) in [6, 6.07) is 14.9. The van der Waals surface area contributed by atoms with Gasteiger partial charge in [0.05, 0.1) is 25.2 Å². The second-order valence-corrected chi connectivity index (χ2v) is 5.44. The first kappa shape index (κ1) is 12.6. The standard InChI is InChI=1S/C16H19NO2/c18-10-16(11-19-12-16)9-17-8-13-5-6-14-3-1-2-4-15(14)7-13/h1-7,17-18H,8-12H2. The lowest BCUT2D eigenvalue weighted by molar-refractivity contribution is -0.134. The molecule has 0 amide bonds. The van der Waals surface area contributed by atoms with Gasteiger partial charge in [0.2, 0.25) is 0 Å². The topological polar surface area (TPSA) is 41.5 Å². The summed E-state index contributed by atoms with van der Waals surface area (Å²) in [5, 5.41) is 15.3.